The first-order chi connectivity index (χ1) is 18.8. The largest absolute Gasteiger partial charge is 0.573 e. The van der Waals surface area contributed by atoms with Gasteiger partial charge in [0.05, 0.1) is 17.1 Å². The van der Waals surface area contributed by atoms with Crippen LogP contribution >= 0.6 is 0 Å². The van der Waals surface area contributed by atoms with Crippen LogP contribution in [-0.4, -0.2) is 23.0 Å². The van der Waals surface area contributed by atoms with Gasteiger partial charge in [-0.25, -0.2) is 0 Å². The number of carbonyl (C=O) groups is 1. The van der Waals surface area contributed by atoms with Crippen molar-refractivity contribution in [1.82, 2.24) is 4.98 Å². The highest BCUT2D eigenvalue weighted by molar-refractivity contribution is 6.46. The summed E-state index contributed by atoms with van der Waals surface area (Å²) >= 11 is 0. The van der Waals surface area contributed by atoms with E-state index in [4.69, 9.17) is 0 Å². The monoisotopic (exact) mass is 589 g/mol. The zero-order valence-corrected chi connectivity index (χ0v) is 21.2. The maximum atomic E-state index is 13.6. The minimum absolute atomic E-state index is 0.0225. The van der Waals surface area contributed by atoms with Crippen LogP contribution in [0, 0.1) is 0 Å². The van der Waals surface area contributed by atoms with E-state index in [-0.39, 0.29) is 28.9 Å². The minimum atomic E-state index is -5.00. The highest BCUT2D eigenvalue weighted by atomic mass is 19.4. The van der Waals surface area contributed by atoms with Gasteiger partial charge in [-0.2, -0.15) is 26.3 Å². The zero-order valence-electron chi connectivity index (χ0n) is 21.2. The van der Waals surface area contributed by atoms with E-state index in [1.807, 2.05) is 0 Å². The molecule has 0 saturated carbocycles. The Morgan fingerprint density at radius 1 is 0.854 bits per heavy atom. The Morgan fingerprint density at radius 3 is 2.02 bits per heavy atom. The first-order valence-corrected chi connectivity index (χ1v) is 11.8. The van der Waals surface area contributed by atoms with Crippen molar-refractivity contribution in [3.63, 3.8) is 0 Å². The van der Waals surface area contributed by atoms with E-state index < -0.39 is 53.2 Å². The highest BCUT2D eigenvalue weighted by Gasteiger charge is 2.41. The van der Waals surface area contributed by atoms with Crippen molar-refractivity contribution in [3.8, 4) is 5.75 Å². The molecule has 1 aliphatic heterocycles. The molecule has 1 amide bonds. The predicted molar refractivity (Wildman–Crippen MR) is 129 cm³/mol. The van der Waals surface area contributed by atoms with Crippen molar-refractivity contribution in [2.24, 2.45) is 4.99 Å². The molecule has 3 aromatic rings. The highest BCUT2D eigenvalue weighted by Crippen LogP contribution is 2.40. The fourth-order valence-electron chi connectivity index (χ4n) is 4.36. The van der Waals surface area contributed by atoms with Crippen LogP contribution in [0.2, 0.25) is 0 Å². The summed E-state index contributed by atoms with van der Waals surface area (Å²) in [6, 6.07) is 9.34. The van der Waals surface area contributed by atoms with Crippen LogP contribution in [0.5, 0.6) is 5.75 Å². The fraction of sp³-hybridized carbons (Fsp3) is 0.296. The number of aromatic nitrogens is 1. The van der Waals surface area contributed by atoms with Gasteiger partial charge in [0, 0.05) is 18.3 Å². The van der Waals surface area contributed by atoms with E-state index in [1.165, 1.54) is 26.0 Å². The molecule has 4 rings (SSSR count). The second-order valence-electron chi connectivity index (χ2n) is 9.61. The van der Waals surface area contributed by atoms with Crippen LogP contribution in [0.1, 0.15) is 48.7 Å². The molecule has 1 atom stereocenters. The molecule has 1 aliphatic rings. The Balaban J connectivity index is 1.75. The quantitative estimate of drug-likeness (QED) is 0.285. The second-order valence-corrected chi connectivity index (χ2v) is 9.61. The molecule has 2 heterocycles. The third kappa shape index (κ3) is 6.80. The SMILES string of the molecule is CC(C)(N=C1C[C@H](c2cccc(OC(F)(F)F)c2)N(c2ccc(C(F)(F)F)cc2)C1=O)c1ccc(C(F)(F)F)nc1. The molecule has 0 N–H and O–H groups in total. The molecule has 0 unspecified atom stereocenters. The number of aliphatic imine (C=N–C) groups is 1. The molecule has 1 aromatic heterocycles. The van der Waals surface area contributed by atoms with Crippen molar-refractivity contribution >= 4 is 17.3 Å². The lowest BCUT2D eigenvalue weighted by molar-refractivity contribution is -0.274. The summed E-state index contributed by atoms with van der Waals surface area (Å²) in [6.45, 7) is 3.04. The van der Waals surface area contributed by atoms with Crippen molar-refractivity contribution in [2.45, 2.75) is 50.6 Å². The lowest BCUT2D eigenvalue weighted by Gasteiger charge is -2.25. The third-order valence-corrected chi connectivity index (χ3v) is 6.29. The van der Waals surface area contributed by atoms with Crippen molar-refractivity contribution in [2.75, 3.05) is 4.90 Å². The Morgan fingerprint density at radius 2 is 1.49 bits per heavy atom. The number of rotatable bonds is 5. The smallest absolute Gasteiger partial charge is 0.406 e. The first kappa shape index (κ1) is 29.9. The van der Waals surface area contributed by atoms with Crippen LogP contribution in [0.4, 0.5) is 45.2 Å². The number of ether oxygens (including phenoxy) is 1. The molecule has 0 bridgehead atoms. The summed E-state index contributed by atoms with van der Waals surface area (Å²) in [5.74, 6) is -1.32. The Hall–Kier alpha value is -4.10. The minimum Gasteiger partial charge on any atom is -0.406 e. The molecule has 14 heteroatoms. The van der Waals surface area contributed by atoms with Gasteiger partial charge in [-0.05, 0) is 67.4 Å². The maximum Gasteiger partial charge on any atom is 0.573 e. The fourth-order valence-corrected chi connectivity index (χ4v) is 4.36. The van der Waals surface area contributed by atoms with Gasteiger partial charge in [0.15, 0.2) is 0 Å². The predicted octanol–water partition coefficient (Wildman–Crippen LogP) is 7.87. The van der Waals surface area contributed by atoms with Crippen LogP contribution < -0.4 is 9.64 Å². The average molecular weight is 589 g/mol. The Bertz CT molecular complexity index is 1440. The number of halogens is 9. The number of carbonyl (C=O) groups excluding carboxylic acids is 1. The van der Waals surface area contributed by atoms with Crippen molar-refractivity contribution in [3.05, 3.63) is 89.2 Å². The summed E-state index contributed by atoms with van der Waals surface area (Å²) in [7, 11) is 0. The molecule has 0 radical (unpaired) electrons. The molecule has 0 aliphatic carbocycles. The van der Waals surface area contributed by atoms with Gasteiger partial charge in [-0.15, -0.1) is 13.2 Å². The van der Waals surface area contributed by atoms with E-state index in [0.717, 1.165) is 59.6 Å². The molecule has 5 nitrogen and oxygen atoms in total. The molecule has 218 valence electrons. The van der Waals surface area contributed by atoms with Crippen LogP contribution in [0.25, 0.3) is 0 Å². The van der Waals surface area contributed by atoms with E-state index in [2.05, 4.69) is 14.7 Å². The Kier molecular flexibility index (Phi) is 7.56. The average Bonchev–Trinajstić information content (AvgIpc) is 3.17. The summed E-state index contributed by atoms with van der Waals surface area (Å²) in [5.41, 5.74) is -3.04. The first-order valence-electron chi connectivity index (χ1n) is 11.8. The number of hydrogen-bond donors (Lipinski definition) is 0. The van der Waals surface area contributed by atoms with Crippen molar-refractivity contribution in [1.29, 1.82) is 0 Å². The number of hydrogen-bond acceptors (Lipinski definition) is 4. The topological polar surface area (TPSA) is 54.8 Å². The number of pyridine rings is 1. The van der Waals surface area contributed by atoms with Gasteiger partial charge in [-0.3, -0.25) is 19.7 Å². The second kappa shape index (κ2) is 10.4. The summed E-state index contributed by atoms with van der Waals surface area (Å²) in [4.78, 5) is 22.5. The van der Waals surface area contributed by atoms with Crippen LogP contribution in [0.3, 0.4) is 0 Å². The molecule has 0 spiro atoms. The van der Waals surface area contributed by atoms with Crippen molar-refractivity contribution < 1.29 is 49.0 Å². The maximum absolute atomic E-state index is 13.6. The third-order valence-electron chi connectivity index (χ3n) is 6.29. The van der Waals surface area contributed by atoms with E-state index >= 15 is 0 Å². The zero-order chi connectivity index (χ0) is 30.4. The molecular weight excluding hydrogens is 569 g/mol. The number of benzene rings is 2. The molecule has 41 heavy (non-hydrogen) atoms. The summed E-state index contributed by atoms with van der Waals surface area (Å²) in [6.07, 6.45) is -13.5. The number of anilines is 1. The van der Waals surface area contributed by atoms with E-state index in [9.17, 15) is 44.3 Å². The normalized spacial score (nSPS) is 17.8. The number of alkyl halides is 9. The molecule has 1 fully saturated rings. The summed E-state index contributed by atoms with van der Waals surface area (Å²) < 4.78 is 121. The van der Waals surface area contributed by atoms with E-state index in [1.54, 1.807) is 0 Å². The van der Waals surface area contributed by atoms with E-state index in [0.29, 0.717) is 0 Å². The standard InChI is InChI=1S/C27H20F9N3O2/c1-24(2,17-8-11-22(37-14-17)26(31,32)33)38-20-13-21(15-4-3-5-19(12-15)41-27(34,35)36)39(23(20)40)18-9-6-16(7-10-18)25(28,29)30/h3-12,14,21H,13H2,1-2H3/t21-/m1/s1. The van der Waals surface area contributed by atoms with Crippen LogP contribution in [-0.2, 0) is 22.7 Å². The Labute approximate surface area is 227 Å². The lowest BCUT2D eigenvalue weighted by atomic mass is 9.95. The molecular formula is C27H20F9N3O2. The molecule has 1 saturated heterocycles. The van der Waals surface area contributed by atoms with Gasteiger partial charge >= 0.3 is 18.7 Å². The lowest BCUT2D eigenvalue weighted by Crippen LogP contribution is -2.30. The number of nitrogens with zero attached hydrogens (tertiary/aromatic N) is 3. The molecule has 2 aromatic carbocycles. The number of amides is 1. The van der Waals surface area contributed by atoms with Gasteiger partial charge in [0.1, 0.15) is 17.2 Å². The van der Waals surface area contributed by atoms with Gasteiger partial charge in [-0.1, -0.05) is 18.2 Å². The summed E-state index contributed by atoms with van der Waals surface area (Å²) in [5, 5.41) is 0. The van der Waals surface area contributed by atoms with Gasteiger partial charge in [0.2, 0.25) is 0 Å². The van der Waals surface area contributed by atoms with Gasteiger partial charge in [0.25, 0.3) is 5.91 Å². The van der Waals surface area contributed by atoms with Crippen LogP contribution in [0.15, 0.2) is 71.9 Å². The van der Waals surface area contributed by atoms with Gasteiger partial charge < -0.3 is 4.74 Å².